The largest absolute Gasteiger partial charge is 0.495 e. The minimum Gasteiger partial charge on any atom is -0.495 e. The van der Waals surface area contributed by atoms with E-state index in [2.05, 4.69) is 10.3 Å². The first-order valence-corrected chi connectivity index (χ1v) is 14.7. The van der Waals surface area contributed by atoms with Gasteiger partial charge in [0, 0.05) is 23.8 Å². The second kappa shape index (κ2) is 12.1. The number of carbonyl (C=O) groups is 2. The number of ether oxygens (including phenoxy) is 2. The van der Waals surface area contributed by atoms with Crippen LogP contribution in [0.2, 0.25) is 0 Å². The molecule has 4 rings (SSSR count). The summed E-state index contributed by atoms with van der Waals surface area (Å²) in [6, 6.07) is 11.6. The lowest BCUT2D eigenvalue weighted by Gasteiger charge is -2.32. The number of benzene rings is 2. The van der Waals surface area contributed by atoms with Crippen LogP contribution in [0.3, 0.4) is 0 Å². The third kappa shape index (κ3) is 5.91. The number of ketones is 1. The fraction of sp³-hybridized carbons (Fsp3) is 0.414. The molecule has 1 unspecified atom stereocenters. The topological polar surface area (TPSA) is 114 Å². The third-order valence-electron chi connectivity index (χ3n) is 7.00. The highest BCUT2D eigenvalue weighted by molar-refractivity contribution is 7.89. The molecular formula is C29H35N3O6S. The number of Topliss-reactive ketones (excluding diaryl/α,β-unsaturated/α-hetero) is 1. The molecule has 0 amide bonds. The van der Waals surface area contributed by atoms with Crippen LogP contribution in [0.15, 0.2) is 63.6 Å². The van der Waals surface area contributed by atoms with Crippen molar-refractivity contribution in [3.05, 3.63) is 59.3 Å². The van der Waals surface area contributed by atoms with Crippen molar-refractivity contribution in [2.24, 2.45) is 4.99 Å². The molecule has 0 radical (unpaired) electrons. The maximum Gasteiger partial charge on any atom is 0.341 e. The number of rotatable bonds is 9. The quantitative estimate of drug-likeness (QED) is 0.333. The Labute approximate surface area is 230 Å². The number of para-hydroxylation sites is 2. The maximum absolute atomic E-state index is 13.7. The third-order valence-corrected chi connectivity index (χ3v) is 9.04. The molecule has 2 aliphatic rings. The molecule has 2 aromatic carbocycles. The number of nitrogens with one attached hydrogen (secondary N) is 1. The van der Waals surface area contributed by atoms with Crippen molar-refractivity contribution in [2.45, 2.75) is 63.8 Å². The molecule has 9 nitrogen and oxygen atoms in total. The second-order valence-corrected chi connectivity index (χ2v) is 11.4. The highest BCUT2D eigenvalue weighted by Gasteiger charge is 2.34. The van der Waals surface area contributed by atoms with Gasteiger partial charge in [-0.1, -0.05) is 25.5 Å². The zero-order valence-electron chi connectivity index (χ0n) is 22.8. The number of allylic oxidation sites excluding steroid dienone is 1. The lowest BCUT2D eigenvalue weighted by Crippen LogP contribution is -2.42. The van der Waals surface area contributed by atoms with Gasteiger partial charge in [-0.15, -0.1) is 0 Å². The molecule has 0 bridgehead atoms. The normalized spacial score (nSPS) is 17.9. The first-order chi connectivity index (χ1) is 18.7. The molecule has 2 aromatic rings. The number of aliphatic imine (C=N–C) groups is 1. The fourth-order valence-corrected chi connectivity index (χ4v) is 6.86. The Morgan fingerprint density at radius 3 is 2.59 bits per heavy atom. The van der Waals surface area contributed by atoms with E-state index >= 15 is 0 Å². The van der Waals surface area contributed by atoms with Crippen molar-refractivity contribution in [1.82, 2.24) is 4.31 Å². The lowest BCUT2D eigenvalue weighted by molar-refractivity contribution is -0.137. The average molecular weight is 554 g/mol. The van der Waals surface area contributed by atoms with E-state index < -0.39 is 16.0 Å². The van der Waals surface area contributed by atoms with Gasteiger partial charge < -0.3 is 14.8 Å². The molecule has 10 heteroatoms. The number of carbonyl (C=O) groups excluding carboxylic acids is 2. The van der Waals surface area contributed by atoms with Crippen molar-refractivity contribution >= 4 is 38.9 Å². The summed E-state index contributed by atoms with van der Waals surface area (Å²) in [5, 5.41) is 3.23. The van der Waals surface area contributed by atoms with Crippen LogP contribution in [-0.4, -0.2) is 56.5 Å². The summed E-state index contributed by atoms with van der Waals surface area (Å²) in [4.78, 5) is 31.4. The number of hydrogen-bond acceptors (Lipinski definition) is 8. The van der Waals surface area contributed by atoms with E-state index in [0.29, 0.717) is 35.7 Å². The Morgan fingerprint density at radius 2 is 1.90 bits per heavy atom. The van der Waals surface area contributed by atoms with Crippen molar-refractivity contribution in [1.29, 1.82) is 0 Å². The van der Waals surface area contributed by atoms with Crippen LogP contribution in [0.25, 0.3) is 0 Å². The predicted molar refractivity (Wildman–Crippen MR) is 150 cm³/mol. The molecule has 1 N–H and O–H groups in total. The summed E-state index contributed by atoms with van der Waals surface area (Å²) < 4.78 is 39.5. The molecule has 0 aromatic heterocycles. The molecule has 2 heterocycles. The van der Waals surface area contributed by atoms with E-state index in [9.17, 15) is 18.0 Å². The highest BCUT2D eigenvalue weighted by Crippen LogP contribution is 2.35. The Bertz CT molecular complexity index is 1430. The van der Waals surface area contributed by atoms with Gasteiger partial charge in [0.25, 0.3) is 0 Å². The zero-order valence-corrected chi connectivity index (χ0v) is 23.6. The molecule has 0 aliphatic carbocycles. The number of piperidine rings is 1. The van der Waals surface area contributed by atoms with Gasteiger partial charge >= 0.3 is 5.97 Å². The Balaban J connectivity index is 1.75. The van der Waals surface area contributed by atoms with Crippen LogP contribution in [0, 0.1) is 0 Å². The van der Waals surface area contributed by atoms with E-state index in [-0.39, 0.29) is 46.6 Å². The molecule has 1 atom stereocenters. The summed E-state index contributed by atoms with van der Waals surface area (Å²) in [7, 11) is -2.49. The molecule has 1 fully saturated rings. The molecule has 0 saturated carbocycles. The van der Waals surface area contributed by atoms with Crippen LogP contribution in [0.1, 0.15) is 63.2 Å². The van der Waals surface area contributed by atoms with Gasteiger partial charge in [0.1, 0.15) is 16.2 Å². The number of fused-ring (bicyclic) bond motifs is 1. The molecule has 0 spiro atoms. The highest BCUT2D eigenvalue weighted by atomic mass is 32.2. The maximum atomic E-state index is 13.7. The first-order valence-electron chi connectivity index (χ1n) is 13.3. The number of methoxy groups -OCH3 is 1. The summed E-state index contributed by atoms with van der Waals surface area (Å²) in [5.41, 5.74) is 2.57. The summed E-state index contributed by atoms with van der Waals surface area (Å²) in [5.74, 6) is -0.754. The minimum atomic E-state index is -3.90. The first kappa shape index (κ1) is 28.5. The SMILES string of the molecule is CCOC(=O)C1=C(CC(=O)c2ccc(OC)c(S(=O)(=O)N3CCCCC3C)c2)Nc2ccccc2N=C1CC. The number of esters is 1. The lowest BCUT2D eigenvalue weighted by atomic mass is 9.99. The number of anilines is 1. The minimum absolute atomic E-state index is 0.0424. The summed E-state index contributed by atoms with van der Waals surface area (Å²) in [6.07, 6.45) is 2.79. The van der Waals surface area contributed by atoms with Crippen LogP contribution >= 0.6 is 0 Å². The Morgan fingerprint density at radius 1 is 1.13 bits per heavy atom. The Kier molecular flexibility index (Phi) is 8.87. The molecule has 2 aliphatic heterocycles. The van der Waals surface area contributed by atoms with Crippen molar-refractivity contribution in [2.75, 3.05) is 25.6 Å². The van der Waals surface area contributed by atoms with Crippen LogP contribution < -0.4 is 10.1 Å². The van der Waals surface area contributed by atoms with Crippen LogP contribution in [-0.2, 0) is 19.6 Å². The van der Waals surface area contributed by atoms with Gasteiger partial charge in [0.15, 0.2) is 5.78 Å². The second-order valence-electron chi connectivity index (χ2n) is 9.55. The molecule has 208 valence electrons. The summed E-state index contributed by atoms with van der Waals surface area (Å²) in [6.45, 7) is 6.08. The van der Waals surface area contributed by atoms with Gasteiger partial charge in [-0.25, -0.2) is 13.2 Å². The molecular weight excluding hydrogens is 518 g/mol. The predicted octanol–water partition coefficient (Wildman–Crippen LogP) is 5.26. The van der Waals surface area contributed by atoms with Crippen molar-refractivity contribution in [3.63, 3.8) is 0 Å². The fourth-order valence-electron chi connectivity index (χ4n) is 4.98. The van der Waals surface area contributed by atoms with Crippen LogP contribution in [0.4, 0.5) is 11.4 Å². The number of sulfonamides is 1. The van der Waals surface area contributed by atoms with E-state index in [0.717, 1.165) is 19.3 Å². The van der Waals surface area contributed by atoms with Crippen LogP contribution in [0.5, 0.6) is 5.75 Å². The van der Waals surface area contributed by atoms with Gasteiger partial charge in [-0.05, 0) is 63.4 Å². The smallest absolute Gasteiger partial charge is 0.341 e. The standard InChI is InChI=1S/C29H35N3O6S/c1-5-21-28(29(34)38-6-2)24(31-23-13-8-7-12-22(23)30-21)18-25(33)20-14-15-26(37-4)27(17-20)39(35,36)32-16-10-9-11-19(32)3/h7-8,12-15,17,19,31H,5-6,9-11,16,18H2,1-4H3. The monoisotopic (exact) mass is 553 g/mol. The van der Waals surface area contributed by atoms with Gasteiger partial charge in [-0.3, -0.25) is 9.79 Å². The zero-order chi connectivity index (χ0) is 28.2. The van der Waals surface area contributed by atoms with E-state index in [1.54, 1.807) is 13.0 Å². The summed E-state index contributed by atoms with van der Waals surface area (Å²) >= 11 is 0. The molecule has 1 saturated heterocycles. The van der Waals surface area contributed by atoms with Gasteiger partial charge in [0.05, 0.1) is 37.2 Å². The Hall–Kier alpha value is -3.50. The van der Waals surface area contributed by atoms with Crippen molar-refractivity contribution in [3.8, 4) is 5.75 Å². The van der Waals surface area contributed by atoms with E-state index in [1.165, 1.54) is 23.5 Å². The van der Waals surface area contributed by atoms with Crippen molar-refractivity contribution < 1.29 is 27.5 Å². The van der Waals surface area contributed by atoms with Gasteiger partial charge in [-0.2, -0.15) is 4.31 Å². The number of nitrogens with zero attached hydrogens (tertiary/aromatic N) is 2. The number of hydrogen-bond donors (Lipinski definition) is 1. The van der Waals surface area contributed by atoms with Gasteiger partial charge in [0.2, 0.25) is 10.0 Å². The molecule has 39 heavy (non-hydrogen) atoms. The van der Waals surface area contributed by atoms with E-state index in [1.807, 2.05) is 38.1 Å². The average Bonchev–Trinajstić information content (AvgIpc) is 3.09. The van der Waals surface area contributed by atoms with E-state index in [4.69, 9.17) is 9.47 Å².